The van der Waals surface area contributed by atoms with Crippen LogP contribution in [-0.4, -0.2) is 88.7 Å². The van der Waals surface area contributed by atoms with Gasteiger partial charge in [-0.25, -0.2) is 0 Å². The summed E-state index contributed by atoms with van der Waals surface area (Å²) in [4.78, 5) is 27.8. The van der Waals surface area contributed by atoms with Crippen LogP contribution in [-0.2, 0) is 23.8 Å². The van der Waals surface area contributed by atoms with Gasteiger partial charge in [0.2, 0.25) is 5.82 Å². The number of nitrogens with zero attached hydrogens (tertiary/aromatic N) is 3. The van der Waals surface area contributed by atoms with Gasteiger partial charge >= 0.3 is 0 Å². The van der Waals surface area contributed by atoms with E-state index in [4.69, 9.17) is 18.9 Å². The Morgan fingerprint density at radius 2 is 1.68 bits per heavy atom. The largest absolute Gasteiger partial charge is 0.472 e. The molecule has 10 nitrogen and oxygen atoms in total. The Morgan fingerprint density at radius 1 is 1.05 bits per heavy atom. The number of hydrogen-bond donors (Lipinski definition) is 1. The SMILES string of the molecule is CCC(C)(OC(C)C(=O)C(C)(CC)OC(CNC(C)(C)C)COc1nsnc1N1CCOCC1)C(C)=O. The van der Waals surface area contributed by atoms with E-state index in [0.717, 1.165) is 24.8 Å². The molecule has 0 bridgehead atoms. The van der Waals surface area contributed by atoms with Gasteiger partial charge in [0.15, 0.2) is 11.6 Å². The number of Topliss-reactive ketones (excluding diaryl/α,β-unsaturated/α-hetero) is 2. The van der Waals surface area contributed by atoms with Crippen LogP contribution in [0, 0.1) is 0 Å². The quantitative estimate of drug-likeness (QED) is 0.354. The standard InChI is InChI=1S/C26H46N4O6S/c1-10-25(8,19(4)31)35-18(3)21(32)26(9,11-2)36-20(16-27-24(5,6)7)17-34-23-22(28-37-29-23)30-12-14-33-15-13-30/h18,20,27H,10-17H2,1-9H3. The molecule has 212 valence electrons. The number of aromatic nitrogens is 2. The highest BCUT2D eigenvalue weighted by atomic mass is 32.1. The fraction of sp³-hybridized carbons (Fsp3) is 0.846. The van der Waals surface area contributed by atoms with E-state index >= 15 is 0 Å². The van der Waals surface area contributed by atoms with Crippen LogP contribution in [0.1, 0.15) is 75.2 Å². The maximum Gasteiger partial charge on any atom is 0.270 e. The minimum Gasteiger partial charge on any atom is -0.472 e. The molecule has 0 aromatic carbocycles. The number of morpholine rings is 1. The summed E-state index contributed by atoms with van der Waals surface area (Å²) in [5.41, 5.74) is -2.31. The second-order valence-electron chi connectivity index (χ2n) is 11.0. The molecule has 1 saturated heterocycles. The summed E-state index contributed by atoms with van der Waals surface area (Å²) < 4.78 is 32.8. The van der Waals surface area contributed by atoms with Gasteiger partial charge in [0, 0.05) is 25.2 Å². The molecule has 0 aliphatic carbocycles. The number of carbonyl (C=O) groups excluding carboxylic acids is 2. The fourth-order valence-electron chi connectivity index (χ4n) is 3.93. The average Bonchev–Trinajstić information content (AvgIpc) is 3.33. The Morgan fingerprint density at radius 3 is 2.22 bits per heavy atom. The summed E-state index contributed by atoms with van der Waals surface area (Å²) in [7, 11) is 0. The van der Waals surface area contributed by atoms with Crippen molar-refractivity contribution in [2.24, 2.45) is 0 Å². The van der Waals surface area contributed by atoms with Gasteiger partial charge in [0.05, 0.1) is 24.9 Å². The monoisotopic (exact) mass is 542 g/mol. The molecule has 2 rings (SSSR count). The van der Waals surface area contributed by atoms with Gasteiger partial charge in [-0.05, 0) is 61.3 Å². The molecule has 2 heterocycles. The first-order valence-corrected chi connectivity index (χ1v) is 13.9. The molecule has 4 atom stereocenters. The van der Waals surface area contributed by atoms with Crippen molar-refractivity contribution in [3.63, 3.8) is 0 Å². The van der Waals surface area contributed by atoms with Gasteiger partial charge in [0.25, 0.3) is 5.88 Å². The molecule has 4 unspecified atom stereocenters. The van der Waals surface area contributed by atoms with Gasteiger partial charge < -0.3 is 29.2 Å². The van der Waals surface area contributed by atoms with Crippen LogP contribution in [0.15, 0.2) is 0 Å². The number of carbonyl (C=O) groups is 2. The molecule has 0 saturated carbocycles. The van der Waals surface area contributed by atoms with Crippen molar-refractivity contribution in [3.8, 4) is 5.88 Å². The summed E-state index contributed by atoms with van der Waals surface area (Å²) in [5, 5.41) is 3.45. The van der Waals surface area contributed by atoms with Crippen molar-refractivity contribution >= 4 is 29.1 Å². The third-order valence-electron chi connectivity index (χ3n) is 6.87. The van der Waals surface area contributed by atoms with Crippen LogP contribution in [0.5, 0.6) is 5.88 Å². The molecule has 1 aromatic heterocycles. The van der Waals surface area contributed by atoms with Crippen LogP contribution in [0.3, 0.4) is 0 Å². The third-order valence-corrected chi connectivity index (χ3v) is 7.37. The van der Waals surface area contributed by atoms with E-state index in [-0.39, 0.29) is 23.7 Å². The third kappa shape index (κ3) is 8.95. The smallest absolute Gasteiger partial charge is 0.270 e. The first kappa shape index (κ1) is 31.6. The zero-order valence-electron chi connectivity index (χ0n) is 24.0. The zero-order valence-corrected chi connectivity index (χ0v) is 24.8. The lowest BCUT2D eigenvalue weighted by Gasteiger charge is -2.37. The molecule has 11 heteroatoms. The minimum atomic E-state index is -1.13. The molecule has 1 aliphatic heterocycles. The van der Waals surface area contributed by atoms with Gasteiger partial charge in [-0.15, -0.1) is 4.37 Å². The van der Waals surface area contributed by atoms with Gasteiger partial charge in [-0.3, -0.25) is 9.59 Å². The molecule has 37 heavy (non-hydrogen) atoms. The summed E-state index contributed by atoms with van der Waals surface area (Å²) in [6.07, 6.45) is -0.356. The van der Waals surface area contributed by atoms with Crippen molar-refractivity contribution in [2.75, 3.05) is 44.4 Å². The number of ketones is 2. The zero-order chi connectivity index (χ0) is 27.9. The van der Waals surface area contributed by atoms with E-state index in [1.165, 1.54) is 6.92 Å². The van der Waals surface area contributed by atoms with E-state index in [9.17, 15) is 9.59 Å². The van der Waals surface area contributed by atoms with Crippen LogP contribution in [0.2, 0.25) is 0 Å². The second-order valence-corrected chi connectivity index (χ2v) is 11.6. The van der Waals surface area contributed by atoms with Crippen molar-refractivity contribution < 1.29 is 28.5 Å². The molecule has 0 spiro atoms. The Kier molecular flexibility index (Phi) is 11.4. The van der Waals surface area contributed by atoms with Gasteiger partial charge in [-0.2, -0.15) is 4.37 Å². The van der Waals surface area contributed by atoms with Gasteiger partial charge in [0.1, 0.15) is 30.0 Å². The highest BCUT2D eigenvalue weighted by molar-refractivity contribution is 6.99. The van der Waals surface area contributed by atoms with E-state index in [0.29, 0.717) is 44.3 Å². The first-order chi connectivity index (χ1) is 17.2. The van der Waals surface area contributed by atoms with E-state index in [1.807, 2.05) is 13.8 Å². The molecular formula is C26H46N4O6S. The summed E-state index contributed by atoms with van der Waals surface area (Å²) >= 11 is 1.10. The lowest BCUT2D eigenvalue weighted by Crippen LogP contribution is -2.53. The number of nitrogens with one attached hydrogen (secondary N) is 1. The first-order valence-electron chi connectivity index (χ1n) is 13.2. The lowest BCUT2D eigenvalue weighted by molar-refractivity contribution is -0.175. The van der Waals surface area contributed by atoms with Crippen LogP contribution < -0.4 is 15.0 Å². The Hall–Kier alpha value is -1.66. The maximum atomic E-state index is 13.6. The second kappa shape index (κ2) is 13.4. The molecule has 1 aromatic rings. The average molecular weight is 543 g/mol. The molecule has 1 fully saturated rings. The summed E-state index contributed by atoms with van der Waals surface area (Å²) in [6.45, 7) is 20.0. The van der Waals surface area contributed by atoms with Crippen molar-refractivity contribution in [3.05, 3.63) is 0 Å². The highest BCUT2D eigenvalue weighted by Gasteiger charge is 2.42. The molecule has 1 N–H and O–H groups in total. The van der Waals surface area contributed by atoms with E-state index in [2.05, 4.69) is 39.7 Å². The molecule has 1 aliphatic rings. The number of ether oxygens (including phenoxy) is 4. The number of anilines is 1. The normalized spacial score (nSPS) is 19.5. The van der Waals surface area contributed by atoms with Crippen molar-refractivity contribution in [1.29, 1.82) is 0 Å². The number of hydrogen-bond acceptors (Lipinski definition) is 11. The van der Waals surface area contributed by atoms with E-state index in [1.54, 1.807) is 20.8 Å². The van der Waals surface area contributed by atoms with Crippen LogP contribution >= 0.6 is 11.7 Å². The number of rotatable bonds is 15. The minimum absolute atomic E-state index is 0.109. The lowest BCUT2D eigenvalue weighted by atomic mass is 9.92. The maximum absolute atomic E-state index is 13.6. The van der Waals surface area contributed by atoms with E-state index < -0.39 is 23.4 Å². The molecule has 0 amide bonds. The van der Waals surface area contributed by atoms with Crippen LogP contribution in [0.25, 0.3) is 0 Å². The Labute approximate surface area is 226 Å². The van der Waals surface area contributed by atoms with Crippen molar-refractivity contribution in [2.45, 2.75) is 104 Å². The van der Waals surface area contributed by atoms with Crippen LogP contribution in [0.4, 0.5) is 5.82 Å². The predicted molar refractivity (Wildman–Crippen MR) is 145 cm³/mol. The Balaban J connectivity index is 2.17. The topological polar surface area (TPSA) is 112 Å². The predicted octanol–water partition coefficient (Wildman–Crippen LogP) is 3.43. The molecule has 0 radical (unpaired) electrons. The Bertz CT molecular complexity index is 885. The van der Waals surface area contributed by atoms with Crippen molar-refractivity contribution in [1.82, 2.24) is 14.1 Å². The summed E-state index contributed by atoms with van der Waals surface area (Å²) in [5.74, 6) is 0.844. The highest BCUT2D eigenvalue weighted by Crippen LogP contribution is 2.29. The molecular weight excluding hydrogens is 496 g/mol. The van der Waals surface area contributed by atoms with Gasteiger partial charge in [-0.1, -0.05) is 13.8 Å². The fourth-order valence-corrected chi connectivity index (χ4v) is 4.45. The summed E-state index contributed by atoms with van der Waals surface area (Å²) in [6, 6.07) is 0.